The van der Waals surface area contributed by atoms with Gasteiger partial charge in [0.1, 0.15) is 0 Å². The predicted octanol–water partition coefficient (Wildman–Crippen LogP) is 3.93. The maximum atomic E-state index is 6.27. The molecule has 0 spiro atoms. The van der Waals surface area contributed by atoms with E-state index in [1.165, 1.54) is 20.8 Å². The van der Waals surface area contributed by atoms with Gasteiger partial charge in [0.05, 0.1) is 0 Å². The molecule has 0 rings (SSSR count). The van der Waals surface area contributed by atoms with Crippen molar-refractivity contribution in [2.45, 2.75) is 72.2 Å². The molecule has 0 saturated carbocycles. The molecule has 0 aromatic carbocycles. The summed E-state index contributed by atoms with van der Waals surface area (Å²) in [6, 6.07) is 0. The molecule has 2 unspecified atom stereocenters. The molecule has 0 aromatic rings. The van der Waals surface area contributed by atoms with Crippen molar-refractivity contribution in [1.29, 1.82) is 0 Å². The Morgan fingerprint density at radius 3 is 1.20 bits per heavy atom. The normalized spacial score (nSPS) is 16.0. The van der Waals surface area contributed by atoms with E-state index >= 15 is 0 Å². The SMILES string of the molecule is CC[As](CC)C(C)OC(C)[As](CC)CC. The first kappa shape index (κ1) is 16.1. The van der Waals surface area contributed by atoms with Crippen LogP contribution in [0.4, 0.5) is 0 Å². The van der Waals surface area contributed by atoms with E-state index in [1.54, 1.807) is 0 Å². The van der Waals surface area contributed by atoms with Crippen molar-refractivity contribution in [3.05, 3.63) is 0 Å². The standard InChI is InChI=1S/C12H28As2O/c1-7-13(8-2)11(5)15-12(6)14(9-3)10-4/h11-12H,7-10H2,1-6H3. The average molecular weight is 338 g/mol. The molecule has 15 heavy (non-hydrogen) atoms. The topological polar surface area (TPSA) is 9.23 Å². The molecule has 0 heterocycles. The van der Waals surface area contributed by atoms with E-state index in [4.69, 9.17) is 4.74 Å². The van der Waals surface area contributed by atoms with Crippen LogP contribution in [0.15, 0.2) is 0 Å². The molecule has 1 nitrogen and oxygen atoms in total. The molecule has 0 saturated heterocycles. The summed E-state index contributed by atoms with van der Waals surface area (Å²) in [6.45, 7) is 14.0. The molecule has 3 heteroatoms. The molecule has 0 bridgehead atoms. The van der Waals surface area contributed by atoms with Crippen molar-refractivity contribution in [3.8, 4) is 0 Å². The van der Waals surface area contributed by atoms with Gasteiger partial charge in [-0.25, -0.2) is 0 Å². The first-order chi connectivity index (χ1) is 7.10. The van der Waals surface area contributed by atoms with Gasteiger partial charge < -0.3 is 0 Å². The maximum absolute atomic E-state index is 6.27. The average Bonchev–Trinajstić information content (AvgIpc) is 2.21. The van der Waals surface area contributed by atoms with Gasteiger partial charge in [-0.3, -0.25) is 0 Å². The third-order valence-electron chi connectivity index (χ3n) is 3.05. The molecular weight excluding hydrogens is 310 g/mol. The summed E-state index contributed by atoms with van der Waals surface area (Å²) in [7, 11) is 0. The van der Waals surface area contributed by atoms with Crippen LogP contribution in [0.1, 0.15) is 41.5 Å². The molecule has 0 aliphatic heterocycles. The molecule has 92 valence electrons. The fraction of sp³-hybridized carbons (Fsp3) is 1.00. The van der Waals surface area contributed by atoms with Gasteiger partial charge >= 0.3 is 106 Å². The van der Waals surface area contributed by atoms with Crippen LogP contribution in [-0.2, 0) is 4.74 Å². The monoisotopic (exact) mass is 338 g/mol. The van der Waals surface area contributed by atoms with Gasteiger partial charge in [0.25, 0.3) is 0 Å². The number of rotatable bonds is 8. The third kappa shape index (κ3) is 5.80. The van der Waals surface area contributed by atoms with Crippen molar-refractivity contribution in [1.82, 2.24) is 0 Å². The van der Waals surface area contributed by atoms with E-state index in [2.05, 4.69) is 41.5 Å². The van der Waals surface area contributed by atoms with Crippen LogP contribution in [0.2, 0.25) is 20.8 Å². The zero-order valence-corrected chi connectivity index (χ0v) is 15.0. The van der Waals surface area contributed by atoms with E-state index in [-0.39, 0.29) is 0 Å². The van der Waals surface area contributed by atoms with Crippen molar-refractivity contribution in [2.24, 2.45) is 0 Å². The summed E-state index contributed by atoms with van der Waals surface area (Å²) in [6.07, 6.45) is 0. The molecule has 0 N–H and O–H groups in total. The Morgan fingerprint density at radius 2 is 1.00 bits per heavy atom. The summed E-state index contributed by atoms with van der Waals surface area (Å²) in [5, 5.41) is 5.57. The number of ether oxygens (including phenoxy) is 1. The van der Waals surface area contributed by atoms with E-state index in [0.29, 0.717) is 9.78 Å². The van der Waals surface area contributed by atoms with Gasteiger partial charge in [0.15, 0.2) is 0 Å². The predicted molar refractivity (Wildman–Crippen MR) is 73.4 cm³/mol. The van der Waals surface area contributed by atoms with Crippen molar-refractivity contribution < 1.29 is 4.74 Å². The van der Waals surface area contributed by atoms with Gasteiger partial charge in [-0.05, 0) is 0 Å². The minimum absolute atomic E-state index is 0.595. The Balaban J connectivity index is 4.08. The van der Waals surface area contributed by atoms with Crippen molar-refractivity contribution in [2.75, 3.05) is 0 Å². The van der Waals surface area contributed by atoms with Gasteiger partial charge in [-0.15, -0.1) is 0 Å². The zero-order valence-electron chi connectivity index (χ0n) is 11.3. The van der Waals surface area contributed by atoms with Crippen molar-refractivity contribution in [3.63, 3.8) is 0 Å². The second kappa shape index (κ2) is 9.14. The van der Waals surface area contributed by atoms with E-state index in [1.807, 2.05) is 0 Å². The van der Waals surface area contributed by atoms with Crippen LogP contribution < -0.4 is 0 Å². The Bertz CT molecular complexity index is 129. The molecular formula is C12H28As2O. The first-order valence-electron chi connectivity index (χ1n) is 6.24. The molecule has 0 radical (unpaired) electrons. The van der Waals surface area contributed by atoms with Gasteiger partial charge in [-0.2, -0.15) is 0 Å². The Hall–Kier alpha value is 1.08. The van der Waals surface area contributed by atoms with Crippen LogP contribution in [0.25, 0.3) is 0 Å². The second-order valence-electron chi connectivity index (χ2n) is 3.78. The summed E-state index contributed by atoms with van der Waals surface area (Å²) >= 11 is -1.34. The molecule has 0 aliphatic carbocycles. The fourth-order valence-electron chi connectivity index (χ4n) is 1.93. The third-order valence-corrected chi connectivity index (χ3v) is 14.7. The van der Waals surface area contributed by atoms with Crippen LogP contribution in [0, 0.1) is 0 Å². The fourth-order valence-corrected chi connectivity index (χ4v) is 10.1. The Morgan fingerprint density at radius 1 is 0.733 bits per heavy atom. The van der Waals surface area contributed by atoms with Crippen LogP contribution in [-0.4, -0.2) is 39.1 Å². The van der Waals surface area contributed by atoms with E-state index in [9.17, 15) is 0 Å². The van der Waals surface area contributed by atoms with Gasteiger partial charge in [0, 0.05) is 0 Å². The molecule has 0 fully saturated rings. The van der Waals surface area contributed by atoms with E-state index < -0.39 is 29.3 Å². The molecule has 0 aromatic heterocycles. The number of hydrogen-bond donors (Lipinski definition) is 0. The van der Waals surface area contributed by atoms with Crippen LogP contribution in [0.5, 0.6) is 0 Å². The van der Waals surface area contributed by atoms with Crippen LogP contribution in [0.3, 0.4) is 0 Å². The summed E-state index contributed by atoms with van der Waals surface area (Å²) in [4.78, 5) is 1.19. The van der Waals surface area contributed by atoms with E-state index in [0.717, 1.165) is 0 Å². The van der Waals surface area contributed by atoms with Gasteiger partial charge in [0.2, 0.25) is 0 Å². The summed E-state index contributed by atoms with van der Waals surface area (Å²) in [5.41, 5.74) is 0. The quantitative estimate of drug-likeness (QED) is 0.610. The molecule has 2 atom stereocenters. The zero-order chi connectivity index (χ0) is 11.8. The van der Waals surface area contributed by atoms with Gasteiger partial charge in [-0.1, -0.05) is 0 Å². The van der Waals surface area contributed by atoms with Crippen LogP contribution >= 0.6 is 0 Å². The first-order valence-corrected chi connectivity index (χ1v) is 13.7. The van der Waals surface area contributed by atoms with Crippen molar-refractivity contribution >= 4 is 29.3 Å². The minimum atomic E-state index is -0.672. The Kier molecular flexibility index (Phi) is 9.80. The molecule has 0 amide bonds. The number of hydrogen-bond acceptors (Lipinski definition) is 1. The molecule has 0 aliphatic rings. The Labute approximate surface area is 106 Å². The second-order valence-corrected chi connectivity index (χ2v) is 17.1. The summed E-state index contributed by atoms with van der Waals surface area (Å²) in [5.74, 6) is 0. The summed E-state index contributed by atoms with van der Waals surface area (Å²) < 4.78 is 6.27.